The smallest absolute Gasteiger partial charge is 0.191 e. The van der Waals surface area contributed by atoms with E-state index in [-0.39, 0.29) is 29.8 Å². The van der Waals surface area contributed by atoms with Crippen molar-refractivity contribution < 1.29 is 4.39 Å². The third-order valence-electron chi connectivity index (χ3n) is 4.28. The van der Waals surface area contributed by atoms with Crippen LogP contribution in [-0.2, 0) is 6.54 Å². The fraction of sp³-hybridized carbons (Fsp3) is 0.588. The van der Waals surface area contributed by atoms with Crippen LogP contribution in [0.1, 0.15) is 32.3 Å². The van der Waals surface area contributed by atoms with Gasteiger partial charge in [-0.1, -0.05) is 15.9 Å². The molecule has 1 aromatic carbocycles. The summed E-state index contributed by atoms with van der Waals surface area (Å²) in [5, 5.41) is 6.74. The molecule has 0 saturated carbocycles. The average molecular weight is 513 g/mol. The number of nitrogens with zero attached hydrogens (tertiary/aromatic N) is 2. The minimum Gasteiger partial charge on any atom is -0.354 e. The van der Waals surface area contributed by atoms with Crippen LogP contribution in [0, 0.1) is 5.82 Å². The number of likely N-dealkylation sites (tertiary alicyclic amines) is 1. The van der Waals surface area contributed by atoms with Crippen molar-refractivity contribution in [1.29, 1.82) is 0 Å². The first-order valence-electron chi connectivity index (χ1n) is 8.14. The van der Waals surface area contributed by atoms with Crippen LogP contribution in [0.3, 0.4) is 0 Å². The lowest BCUT2D eigenvalue weighted by Crippen LogP contribution is -2.49. The zero-order chi connectivity index (χ0) is 16.8. The highest BCUT2D eigenvalue weighted by molar-refractivity contribution is 14.0. The van der Waals surface area contributed by atoms with Gasteiger partial charge in [-0.05, 0) is 50.5 Å². The molecule has 1 aliphatic rings. The van der Waals surface area contributed by atoms with Gasteiger partial charge in [0, 0.05) is 43.2 Å². The summed E-state index contributed by atoms with van der Waals surface area (Å²) < 4.78 is 14.2. The molecule has 7 heteroatoms. The van der Waals surface area contributed by atoms with Crippen molar-refractivity contribution in [3.05, 3.63) is 34.1 Å². The summed E-state index contributed by atoms with van der Waals surface area (Å²) >= 11 is 3.45. The molecule has 1 saturated heterocycles. The molecule has 1 heterocycles. The van der Waals surface area contributed by atoms with Gasteiger partial charge in [0.25, 0.3) is 0 Å². The maximum Gasteiger partial charge on any atom is 0.191 e. The molecular formula is C17H27BrFIN4. The molecule has 0 spiro atoms. The Hall–Kier alpha value is -0.410. The van der Waals surface area contributed by atoms with Crippen LogP contribution in [0.15, 0.2) is 27.7 Å². The van der Waals surface area contributed by atoms with Gasteiger partial charge in [-0.15, -0.1) is 24.0 Å². The lowest BCUT2D eigenvalue weighted by Gasteiger charge is -2.35. The standard InChI is InChI=1S/C17H26BrFN4.HI/c1-12(2)23-8-6-15(7-9-23)22-17(20-3)21-11-13-10-14(19)4-5-16(13)18;/h4-5,10,12,15H,6-9,11H2,1-3H3,(H2,20,21,22);1H. The Kier molecular flexibility index (Phi) is 9.51. The van der Waals surface area contributed by atoms with Gasteiger partial charge in [-0.3, -0.25) is 4.99 Å². The predicted octanol–water partition coefficient (Wildman–Crippen LogP) is 3.74. The van der Waals surface area contributed by atoms with Crippen molar-refractivity contribution in [2.75, 3.05) is 20.1 Å². The van der Waals surface area contributed by atoms with E-state index < -0.39 is 0 Å². The lowest BCUT2D eigenvalue weighted by molar-refractivity contribution is 0.167. The monoisotopic (exact) mass is 512 g/mol. The Bertz CT molecular complexity index is 545. The summed E-state index contributed by atoms with van der Waals surface area (Å²) in [6, 6.07) is 5.75. The maximum atomic E-state index is 13.3. The molecule has 1 aromatic rings. The number of hydrogen-bond acceptors (Lipinski definition) is 2. The van der Waals surface area contributed by atoms with E-state index >= 15 is 0 Å². The zero-order valence-electron chi connectivity index (χ0n) is 14.5. The Labute approximate surface area is 169 Å². The molecule has 0 aliphatic carbocycles. The summed E-state index contributed by atoms with van der Waals surface area (Å²) in [5.41, 5.74) is 0.877. The molecule has 136 valence electrons. The van der Waals surface area contributed by atoms with Gasteiger partial charge in [-0.2, -0.15) is 0 Å². The largest absolute Gasteiger partial charge is 0.354 e. The Morgan fingerprint density at radius 2 is 2.04 bits per heavy atom. The minimum atomic E-state index is -0.228. The summed E-state index contributed by atoms with van der Waals surface area (Å²) in [4.78, 5) is 6.77. The number of benzene rings is 1. The molecule has 0 unspecified atom stereocenters. The maximum absolute atomic E-state index is 13.3. The Balaban J connectivity index is 0.00000288. The van der Waals surface area contributed by atoms with Crippen molar-refractivity contribution >= 4 is 45.9 Å². The molecule has 2 rings (SSSR count). The highest BCUT2D eigenvalue weighted by atomic mass is 127. The second kappa shape index (κ2) is 10.6. The number of hydrogen-bond donors (Lipinski definition) is 2. The molecule has 0 atom stereocenters. The molecule has 4 nitrogen and oxygen atoms in total. The second-order valence-corrected chi connectivity index (χ2v) is 7.06. The van der Waals surface area contributed by atoms with E-state index in [1.807, 2.05) is 0 Å². The van der Waals surface area contributed by atoms with E-state index in [1.54, 1.807) is 13.1 Å². The molecule has 2 N–H and O–H groups in total. The molecule has 0 radical (unpaired) electrons. The van der Waals surface area contributed by atoms with Crippen molar-refractivity contribution in [1.82, 2.24) is 15.5 Å². The van der Waals surface area contributed by atoms with Crippen molar-refractivity contribution in [2.45, 2.75) is 45.3 Å². The second-order valence-electron chi connectivity index (χ2n) is 6.21. The molecule has 0 bridgehead atoms. The molecule has 1 aliphatic heterocycles. The van der Waals surface area contributed by atoms with Crippen LogP contribution in [0.5, 0.6) is 0 Å². The summed E-state index contributed by atoms with van der Waals surface area (Å²) in [6.07, 6.45) is 2.23. The van der Waals surface area contributed by atoms with Gasteiger partial charge < -0.3 is 15.5 Å². The Morgan fingerprint density at radius 3 is 2.62 bits per heavy atom. The van der Waals surface area contributed by atoms with Crippen LogP contribution in [0.4, 0.5) is 4.39 Å². The first-order chi connectivity index (χ1) is 11.0. The minimum absolute atomic E-state index is 0. The molecule has 24 heavy (non-hydrogen) atoms. The molecule has 1 fully saturated rings. The highest BCUT2D eigenvalue weighted by Gasteiger charge is 2.21. The van der Waals surface area contributed by atoms with Crippen LogP contribution >= 0.6 is 39.9 Å². The van der Waals surface area contributed by atoms with Crippen LogP contribution in [0.2, 0.25) is 0 Å². The average Bonchev–Trinajstić information content (AvgIpc) is 2.54. The SMILES string of the molecule is CN=C(NCc1cc(F)ccc1Br)NC1CCN(C(C)C)CC1.I. The fourth-order valence-corrected chi connectivity index (χ4v) is 3.19. The van der Waals surface area contributed by atoms with Gasteiger partial charge in [-0.25, -0.2) is 4.39 Å². The number of halogens is 3. The van der Waals surface area contributed by atoms with Gasteiger partial charge >= 0.3 is 0 Å². The van der Waals surface area contributed by atoms with Crippen molar-refractivity contribution in [2.24, 2.45) is 4.99 Å². The van der Waals surface area contributed by atoms with E-state index in [2.05, 4.69) is 50.3 Å². The number of nitrogens with one attached hydrogen (secondary N) is 2. The molecule has 0 aromatic heterocycles. The topological polar surface area (TPSA) is 39.7 Å². The van der Waals surface area contributed by atoms with Gasteiger partial charge in [0.2, 0.25) is 0 Å². The summed E-state index contributed by atoms with van der Waals surface area (Å²) in [7, 11) is 1.76. The van der Waals surface area contributed by atoms with Crippen molar-refractivity contribution in [3.63, 3.8) is 0 Å². The number of rotatable bonds is 4. The first-order valence-corrected chi connectivity index (χ1v) is 8.94. The third kappa shape index (κ3) is 6.48. The van der Waals surface area contributed by atoms with E-state index in [0.717, 1.165) is 41.9 Å². The number of aliphatic imine (C=N–C) groups is 1. The van der Waals surface area contributed by atoms with Crippen LogP contribution in [0.25, 0.3) is 0 Å². The third-order valence-corrected chi connectivity index (χ3v) is 5.05. The summed E-state index contributed by atoms with van der Waals surface area (Å²) in [5.74, 6) is 0.540. The van der Waals surface area contributed by atoms with E-state index in [9.17, 15) is 4.39 Å². The fourth-order valence-electron chi connectivity index (χ4n) is 2.81. The van der Waals surface area contributed by atoms with E-state index in [4.69, 9.17) is 0 Å². The van der Waals surface area contributed by atoms with E-state index in [1.165, 1.54) is 12.1 Å². The van der Waals surface area contributed by atoms with Crippen molar-refractivity contribution in [3.8, 4) is 0 Å². The van der Waals surface area contributed by atoms with Gasteiger partial charge in [0.15, 0.2) is 5.96 Å². The van der Waals surface area contributed by atoms with Crippen LogP contribution in [-0.4, -0.2) is 43.1 Å². The van der Waals surface area contributed by atoms with E-state index in [0.29, 0.717) is 18.6 Å². The Morgan fingerprint density at radius 1 is 1.38 bits per heavy atom. The lowest BCUT2D eigenvalue weighted by atomic mass is 10.0. The molecular weight excluding hydrogens is 486 g/mol. The number of piperidine rings is 1. The molecule has 0 amide bonds. The quantitative estimate of drug-likeness (QED) is 0.367. The van der Waals surface area contributed by atoms with Crippen LogP contribution < -0.4 is 10.6 Å². The number of guanidine groups is 1. The first kappa shape index (κ1) is 21.6. The summed E-state index contributed by atoms with van der Waals surface area (Å²) in [6.45, 7) is 7.24. The van der Waals surface area contributed by atoms with Gasteiger partial charge in [0.1, 0.15) is 5.82 Å². The normalized spacial score (nSPS) is 16.8. The highest BCUT2D eigenvalue weighted by Crippen LogP contribution is 2.17. The zero-order valence-corrected chi connectivity index (χ0v) is 18.4. The van der Waals surface area contributed by atoms with Gasteiger partial charge in [0.05, 0.1) is 0 Å². The predicted molar refractivity (Wildman–Crippen MR) is 113 cm³/mol.